The largest absolute Gasteiger partial charge is 0.383 e. The second kappa shape index (κ2) is 4.63. The van der Waals surface area contributed by atoms with Crippen LogP contribution in [0.3, 0.4) is 0 Å². The van der Waals surface area contributed by atoms with Gasteiger partial charge in [0.05, 0.1) is 22.7 Å². The third kappa shape index (κ3) is 1.81. The van der Waals surface area contributed by atoms with Gasteiger partial charge in [-0.25, -0.2) is 4.98 Å². The van der Waals surface area contributed by atoms with Crippen LogP contribution >= 0.6 is 11.6 Å². The molecule has 0 radical (unpaired) electrons. The normalized spacial score (nSPS) is 10.9. The van der Waals surface area contributed by atoms with Crippen molar-refractivity contribution in [2.24, 2.45) is 0 Å². The minimum atomic E-state index is 0.375. The quantitative estimate of drug-likeness (QED) is 0.767. The van der Waals surface area contributed by atoms with Gasteiger partial charge in [-0.05, 0) is 12.1 Å². The first-order valence-corrected chi connectivity index (χ1v) is 5.24. The van der Waals surface area contributed by atoms with Crippen molar-refractivity contribution >= 4 is 28.9 Å². The van der Waals surface area contributed by atoms with Gasteiger partial charge in [-0.15, -0.1) is 0 Å². The number of carbonyl (C=O) groups is 1. The third-order valence-electron chi connectivity index (χ3n) is 2.37. The zero-order valence-corrected chi connectivity index (χ0v) is 9.57. The Morgan fingerprint density at radius 2 is 2.38 bits per heavy atom. The molecule has 84 valence electrons. The van der Waals surface area contributed by atoms with Crippen LogP contribution in [0.2, 0.25) is 5.02 Å². The summed E-state index contributed by atoms with van der Waals surface area (Å²) in [6, 6.07) is 5.42. The number of rotatable bonds is 4. The van der Waals surface area contributed by atoms with Gasteiger partial charge in [-0.3, -0.25) is 4.79 Å². The van der Waals surface area contributed by atoms with Gasteiger partial charge in [0.1, 0.15) is 0 Å². The summed E-state index contributed by atoms with van der Waals surface area (Å²) < 4.78 is 6.77. The molecule has 0 fully saturated rings. The van der Waals surface area contributed by atoms with Crippen LogP contribution in [0.1, 0.15) is 10.6 Å². The summed E-state index contributed by atoms with van der Waals surface area (Å²) in [4.78, 5) is 15.1. The molecule has 4 nitrogen and oxygen atoms in total. The van der Waals surface area contributed by atoms with Crippen molar-refractivity contribution in [1.82, 2.24) is 9.55 Å². The average Bonchev–Trinajstić information content (AvgIpc) is 2.65. The van der Waals surface area contributed by atoms with Gasteiger partial charge in [0.2, 0.25) is 0 Å². The van der Waals surface area contributed by atoms with E-state index in [2.05, 4.69) is 4.98 Å². The van der Waals surface area contributed by atoms with Crippen LogP contribution in [-0.4, -0.2) is 29.6 Å². The van der Waals surface area contributed by atoms with Gasteiger partial charge < -0.3 is 9.30 Å². The molecule has 0 unspecified atom stereocenters. The van der Waals surface area contributed by atoms with E-state index < -0.39 is 0 Å². The Morgan fingerprint density at radius 1 is 1.56 bits per heavy atom. The van der Waals surface area contributed by atoms with Gasteiger partial charge in [-0.2, -0.15) is 0 Å². The zero-order chi connectivity index (χ0) is 11.5. The van der Waals surface area contributed by atoms with E-state index in [-0.39, 0.29) is 0 Å². The molecule has 0 bridgehead atoms. The number of nitrogens with zero attached hydrogens (tertiary/aromatic N) is 2. The van der Waals surface area contributed by atoms with Gasteiger partial charge in [0.25, 0.3) is 0 Å². The van der Waals surface area contributed by atoms with Crippen molar-refractivity contribution in [3.05, 3.63) is 29.0 Å². The number of hydrogen-bond acceptors (Lipinski definition) is 3. The minimum absolute atomic E-state index is 0.375. The van der Waals surface area contributed by atoms with E-state index in [1.165, 1.54) is 0 Å². The van der Waals surface area contributed by atoms with Crippen LogP contribution < -0.4 is 0 Å². The fourth-order valence-corrected chi connectivity index (χ4v) is 1.93. The Morgan fingerprint density at radius 3 is 3.06 bits per heavy atom. The Bertz CT molecular complexity index is 522. The Balaban J connectivity index is 2.61. The molecular formula is C11H11ClN2O2. The van der Waals surface area contributed by atoms with E-state index >= 15 is 0 Å². The lowest BCUT2D eigenvalue weighted by Crippen LogP contribution is -2.07. The molecule has 1 aromatic carbocycles. The highest BCUT2D eigenvalue weighted by molar-refractivity contribution is 6.35. The lowest BCUT2D eigenvalue weighted by molar-refractivity contribution is 0.110. The maximum Gasteiger partial charge on any atom is 0.185 e. The highest BCUT2D eigenvalue weighted by atomic mass is 35.5. The van der Waals surface area contributed by atoms with Gasteiger partial charge >= 0.3 is 0 Å². The molecule has 2 aromatic rings. The lowest BCUT2D eigenvalue weighted by Gasteiger charge is -2.05. The molecule has 0 aliphatic rings. The fraction of sp³-hybridized carbons (Fsp3) is 0.273. The van der Waals surface area contributed by atoms with Crippen molar-refractivity contribution in [2.45, 2.75) is 6.54 Å². The summed E-state index contributed by atoms with van der Waals surface area (Å²) in [5.41, 5.74) is 1.51. The van der Waals surface area contributed by atoms with E-state index in [0.717, 1.165) is 17.3 Å². The number of hydrogen-bond donors (Lipinski definition) is 0. The van der Waals surface area contributed by atoms with Crippen molar-refractivity contribution < 1.29 is 9.53 Å². The zero-order valence-electron chi connectivity index (χ0n) is 8.81. The van der Waals surface area contributed by atoms with Crippen molar-refractivity contribution in [2.75, 3.05) is 13.7 Å². The number of benzene rings is 1. The maximum absolute atomic E-state index is 10.9. The molecule has 2 rings (SSSR count). The summed E-state index contributed by atoms with van der Waals surface area (Å²) in [6.07, 6.45) is 0.728. The topological polar surface area (TPSA) is 44.1 Å². The predicted molar refractivity (Wildman–Crippen MR) is 62.0 cm³/mol. The Hall–Kier alpha value is -1.39. The van der Waals surface area contributed by atoms with Crippen LogP contribution in [-0.2, 0) is 11.3 Å². The predicted octanol–water partition coefficient (Wildman–Crippen LogP) is 2.15. The number of fused-ring (bicyclic) bond motifs is 1. The fourth-order valence-electron chi connectivity index (χ4n) is 1.66. The summed E-state index contributed by atoms with van der Waals surface area (Å²) in [5.74, 6) is 0.375. The molecule has 0 amide bonds. The number of ether oxygens (including phenoxy) is 1. The van der Waals surface area contributed by atoms with Crippen LogP contribution in [0.5, 0.6) is 0 Å². The number of para-hydroxylation sites is 1. The van der Waals surface area contributed by atoms with E-state index in [4.69, 9.17) is 16.3 Å². The average molecular weight is 239 g/mol. The van der Waals surface area contributed by atoms with Crippen molar-refractivity contribution in [3.8, 4) is 0 Å². The minimum Gasteiger partial charge on any atom is -0.383 e. The van der Waals surface area contributed by atoms with E-state index in [9.17, 15) is 4.79 Å². The molecule has 0 aliphatic carbocycles. The lowest BCUT2D eigenvalue weighted by atomic mass is 10.3. The molecule has 0 aliphatic heterocycles. The van der Waals surface area contributed by atoms with Crippen LogP contribution in [0.15, 0.2) is 18.2 Å². The summed E-state index contributed by atoms with van der Waals surface area (Å²) in [6.45, 7) is 1.07. The van der Waals surface area contributed by atoms with E-state index in [0.29, 0.717) is 24.0 Å². The van der Waals surface area contributed by atoms with E-state index in [1.54, 1.807) is 17.7 Å². The summed E-state index contributed by atoms with van der Waals surface area (Å²) in [5, 5.41) is 0.592. The van der Waals surface area contributed by atoms with Crippen LogP contribution in [0, 0.1) is 0 Å². The monoisotopic (exact) mass is 238 g/mol. The number of halogens is 1. The van der Waals surface area contributed by atoms with Gasteiger partial charge in [-0.1, -0.05) is 17.7 Å². The molecule has 5 heteroatoms. The molecular weight excluding hydrogens is 228 g/mol. The molecule has 0 N–H and O–H groups in total. The number of imidazole rings is 1. The molecule has 0 saturated carbocycles. The first-order chi connectivity index (χ1) is 7.77. The number of aromatic nitrogens is 2. The summed E-state index contributed by atoms with van der Waals surface area (Å²) >= 11 is 6.09. The smallest absolute Gasteiger partial charge is 0.185 e. The van der Waals surface area contributed by atoms with Crippen molar-refractivity contribution in [3.63, 3.8) is 0 Å². The maximum atomic E-state index is 10.9. The first kappa shape index (κ1) is 11.1. The van der Waals surface area contributed by atoms with Crippen LogP contribution in [0.4, 0.5) is 0 Å². The van der Waals surface area contributed by atoms with Gasteiger partial charge in [0.15, 0.2) is 12.1 Å². The molecule has 1 heterocycles. The van der Waals surface area contributed by atoms with Crippen LogP contribution in [0.25, 0.3) is 11.0 Å². The number of methoxy groups -OCH3 is 1. The summed E-state index contributed by atoms with van der Waals surface area (Å²) in [7, 11) is 1.61. The molecule has 0 spiro atoms. The molecule has 1 aromatic heterocycles. The Labute approximate surface area is 97.8 Å². The third-order valence-corrected chi connectivity index (χ3v) is 2.68. The second-order valence-electron chi connectivity index (χ2n) is 3.34. The van der Waals surface area contributed by atoms with E-state index in [1.807, 2.05) is 12.1 Å². The molecule has 0 saturated heterocycles. The standard InChI is InChI=1S/C11H11ClN2O2/c1-16-6-5-14-10(7-15)13-9-4-2-3-8(12)11(9)14/h2-4,7H,5-6H2,1H3. The van der Waals surface area contributed by atoms with Crippen molar-refractivity contribution in [1.29, 1.82) is 0 Å². The Kier molecular flexibility index (Phi) is 3.22. The first-order valence-electron chi connectivity index (χ1n) is 4.86. The SMILES string of the molecule is COCCn1c(C=O)nc2cccc(Cl)c21. The number of carbonyl (C=O) groups excluding carboxylic acids is 1. The highest BCUT2D eigenvalue weighted by Gasteiger charge is 2.11. The van der Waals surface area contributed by atoms with Gasteiger partial charge in [0, 0.05) is 13.7 Å². The molecule has 0 atom stereocenters. The highest BCUT2D eigenvalue weighted by Crippen LogP contribution is 2.23. The number of aldehydes is 1. The molecule has 16 heavy (non-hydrogen) atoms. The second-order valence-corrected chi connectivity index (χ2v) is 3.75.